The van der Waals surface area contributed by atoms with Crippen molar-refractivity contribution in [1.82, 2.24) is 4.90 Å². The number of halogens is 2. The number of rotatable bonds is 6. The van der Waals surface area contributed by atoms with Gasteiger partial charge in [-0.1, -0.05) is 41.4 Å². The van der Waals surface area contributed by atoms with Crippen LogP contribution >= 0.6 is 23.2 Å². The maximum Gasteiger partial charge on any atom is 0.313 e. The van der Waals surface area contributed by atoms with Crippen molar-refractivity contribution in [2.24, 2.45) is 0 Å². The van der Waals surface area contributed by atoms with Gasteiger partial charge in [0.1, 0.15) is 0 Å². The van der Waals surface area contributed by atoms with Gasteiger partial charge in [-0.05, 0) is 30.7 Å². The number of amides is 1. The van der Waals surface area contributed by atoms with Crippen LogP contribution in [0.3, 0.4) is 0 Å². The Morgan fingerprint density at radius 2 is 1.96 bits per heavy atom. The molecule has 0 saturated heterocycles. The third-order valence-corrected chi connectivity index (χ3v) is 4.30. The van der Waals surface area contributed by atoms with E-state index in [2.05, 4.69) is 0 Å². The molecule has 0 radical (unpaired) electrons. The van der Waals surface area contributed by atoms with Gasteiger partial charge in [0.15, 0.2) is 12.4 Å². The highest BCUT2D eigenvalue weighted by Crippen LogP contribution is 2.30. The Labute approximate surface area is 155 Å². The van der Waals surface area contributed by atoms with Crippen molar-refractivity contribution < 1.29 is 14.5 Å². The fourth-order valence-corrected chi connectivity index (χ4v) is 2.55. The Hall–Kier alpha value is -2.31. The zero-order valence-corrected chi connectivity index (χ0v) is 15.2. The summed E-state index contributed by atoms with van der Waals surface area (Å²) in [7, 11) is 1.61. The lowest BCUT2D eigenvalue weighted by atomic mass is 10.2. The standard InChI is InChI=1S/C17H16Cl2N2O4/c1-11-4-3-5-15(17(11)21(23)24)25-10-16(22)20(2)9-12-6-7-13(18)14(19)8-12/h3-8H,9-10H2,1-2H3. The molecule has 0 bridgehead atoms. The van der Waals surface area contributed by atoms with Crippen molar-refractivity contribution in [3.63, 3.8) is 0 Å². The van der Waals surface area contributed by atoms with Crippen LogP contribution in [0.4, 0.5) is 5.69 Å². The van der Waals surface area contributed by atoms with Crippen LogP contribution in [0.15, 0.2) is 36.4 Å². The second kappa shape index (κ2) is 8.18. The van der Waals surface area contributed by atoms with E-state index in [9.17, 15) is 14.9 Å². The lowest BCUT2D eigenvalue weighted by molar-refractivity contribution is -0.386. The van der Waals surface area contributed by atoms with E-state index in [0.717, 1.165) is 5.56 Å². The molecule has 2 aromatic rings. The van der Waals surface area contributed by atoms with Gasteiger partial charge in [0.25, 0.3) is 5.91 Å². The number of nitro groups is 1. The molecule has 0 spiro atoms. The average molecular weight is 383 g/mol. The van der Waals surface area contributed by atoms with E-state index >= 15 is 0 Å². The zero-order valence-electron chi connectivity index (χ0n) is 13.7. The largest absolute Gasteiger partial charge is 0.477 e. The third kappa shape index (κ3) is 4.84. The first-order valence-corrected chi connectivity index (χ1v) is 8.10. The minimum absolute atomic E-state index is 0.0706. The highest BCUT2D eigenvalue weighted by Gasteiger charge is 2.20. The van der Waals surface area contributed by atoms with Crippen LogP contribution in [0.1, 0.15) is 11.1 Å². The van der Waals surface area contributed by atoms with E-state index in [1.54, 1.807) is 44.3 Å². The SMILES string of the molecule is Cc1cccc(OCC(=O)N(C)Cc2ccc(Cl)c(Cl)c2)c1[N+](=O)[O-]. The molecular weight excluding hydrogens is 367 g/mol. The Balaban J connectivity index is 2.01. The molecule has 0 aliphatic carbocycles. The minimum atomic E-state index is -0.519. The maximum absolute atomic E-state index is 12.2. The molecule has 2 rings (SSSR count). The summed E-state index contributed by atoms with van der Waals surface area (Å²) < 4.78 is 5.36. The number of nitrogens with zero attached hydrogens (tertiary/aromatic N) is 2. The second-order valence-electron chi connectivity index (χ2n) is 5.47. The molecule has 0 N–H and O–H groups in total. The van der Waals surface area contributed by atoms with Crippen molar-refractivity contribution in [1.29, 1.82) is 0 Å². The Kier molecular flexibility index (Phi) is 6.22. The summed E-state index contributed by atoms with van der Waals surface area (Å²) in [4.78, 5) is 24.3. The van der Waals surface area contributed by atoms with Crippen LogP contribution in [0, 0.1) is 17.0 Å². The first-order valence-electron chi connectivity index (χ1n) is 7.34. The maximum atomic E-state index is 12.2. The molecule has 8 heteroatoms. The Morgan fingerprint density at radius 1 is 1.24 bits per heavy atom. The molecule has 1 amide bonds. The minimum Gasteiger partial charge on any atom is -0.477 e. The number of para-hydroxylation sites is 1. The highest BCUT2D eigenvalue weighted by atomic mass is 35.5. The predicted octanol–water partition coefficient (Wildman–Crippen LogP) is 4.25. The number of likely N-dealkylation sites (N-methyl/N-ethyl adjacent to an activating group) is 1. The monoisotopic (exact) mass is 382 g/mol. The van der Waals surface area contributed by atoms with Gasteiger partial charge in [-0.25, -0.2) is 0 Å². The topological polar surface area (TPSA) is 72.7 Å². The summed E-state index contributed by atoms with van der Waals surface area (Å²) >= 11 is 11.8. The summed E-state index contributed by atoms with van der Waals surface area (Å²) in [6, 6.07) is 9.83. The van der Waals surface area contributed by atoms with E-state index in [4.69, 9.17) is 27.9 Å². The van der Waals surface area contributed by atoms with Crippen molar-refractivity contribution in [3.05, 3.63) is 67.7 Å². The van der Waals surface area contributed by atoms with Crippen molar-refractivity contribution in [2.75, 3.05) is 13.7 Å². The fourth-order valence-electron chi connectivity index (χ4n) is 2.23. The summed E-state index contributed by atoms with van der Waals surface area (Å²) in [6.07, 6.45) is 0. The molecule has 0 aromatic heterocycles. The van der Waals surface area contributed by atoms with Gasteiger partial charge < -0.3 is 9.64 Å². The quantitative estimate of drug-likeness (QED) is 0.552. The third-order valence-electron chi connectivity index (χ3n) is 3.56. The summed E-state index contributed by atoms with van der Waals surface area (Å²) in [5, 5.41) is 12.0. The molecule has 0 fully saturated rings. The van der Waals surface area contributed by atoms with Crippen LogP contribution in [0.2, 0.25) is 10.0 Å². The number of carbonyl (C=O) groups excluding carboxylic acids is 1. The number of hydrogen-bond acceptors (Lipinski definition) is 4. The van der Waals surface area contributed by atoms with E-state index < -0.39 is 4.92 Å². The van der Waals surface area contributed by atoms with E-state index in [1.165, 1.54) is 11.0 Å². The van der Waals surface area contributed by atoms with Crippen LogP contribution in [-0.4, -0.2) is 29.4 Å². The van der Waals surface area contributed by atoms with Gasteiger partial charge in [-0.15, -0.1) is 0 Å². The number of aryl methyl sites for hydroxylation is 1. The normalized spacial score (nSPS) is 10.4. The van der Waals surface area contributed by atoms with Gasteiger partial charge >= 0.3 is 5.69 Å². The van der Waals surface area contributed by atoms with Crippen LogP contribution in [-0.2, 0) is 11.3 Å². The number of nitro benzene ring substituents is 1. The fraction of sp³-hybridized carbons (Fsp3) is 0.235. The van der Waals surface area contributed by atoms with Crippen LogP contribution in [0.25, 0.3) is 0 Å². The van der Waals surface area contributed by atoms with E-state index in [0.29, 0.717) is 22.2 Å². The number of ether oxygens (including phenoxy) is 1. The molecule has 132 valence electrons. The van der Waals surface area contributed by atoms with Gasteiger partial charge in [0.2, 0.25) is 0 Å². The zero-order chi connectivity index (χ0) is 18.6. The molecule has 6 nitrogen and oxygen atoms in total. The van der Waals surface area contributed by atoms with Gasteiger partial charge in [-0.3, -0.25) is 14.9 Å². The molecule has 0 heterocycles. The first-order chi connectivity index (χ1) is 11.8. The van der Waals surface area contributed by atoms with Crippen LogP contribution in [0.5, 0.6) is 5.75 Å². The van der Waals surface area contributed by atoms with Crippen molar-refractivity contribution >= 4 is 34.8 Å². The molecule has 0 unspecified atom stereocenters. The summed E-state index contributed by atoms with van der Waals surface area (Å²) in [6.45, 7) is 1.63. The van der Waals surface area contributed by atoms with Crippen LogP contribution < -0.4 is 4.74 Å². The Morgan fingerprint density at radius 3 is 2.60 bits per heavy atom. The summed E-state index contributed by atoms with van der Waals surface area (Å²) in [5.41, 5.74) is 1.15. The van der Waals surface area contributed by atoms with E-state index in [-0.39, 0.29) is 24.0 Å². The van der Waals surface area contributed by atoms with Crippen molar-refractivity contribution in [3.8, 4) is 5.75 Å². The lowest BCUT2D eigenvalue weighted by Crippen LogP contribution is -2.31. The molecule has 0 saturated carbocycles. The first kappa shape index (κ1) is 19.0. The van der Waals surface area contributed by atoms with Gasteiger partial charge in [0.05, 0.1) is 15.0 Å². The molecular formula is C17H16Cl2N2O4. The predicted molar refractivity (Wildman–Crippen MR) is 96.3 cm³/mol. The number of carbonyl (C=O) groups is 1. The average Bonchev–Trinajstić information content (AvgIpc) is 2.55. The molecule has 2 aromatic carbocycles. The van der Waals surface area contributed by atoms with Gasteiger partial charge in [-0.2, -0.15) is 0 Å². The second-order valence-corrected chi connectivity index (χ2v) is 6.28. The Bertz CT molecular complexity index is 811. The number of hydrogen-bond donors (Lipinski definition) is 0. The smallest absolute Gasteiger partial charge is 0.313 e. The molecule has 0 atom stereocenters. The molecule has 0 aliphatic rings. The molecule has 0 aliphatic heterocycles. The summed E-state index contributed by atoms with van der Waals surface area (Å²) in [5.74, 6) is -0.247. The lowest BCUT2D eigenvalue weighted by Gasteiger charge is -2.18. The van der Waals surface area contributed by atoms with Crippen molar-refractivity contribution in [2.45, 2.75) is 13.5 Å². The van der Waals surface area contributed by atoms with Gasteiger partial charge in [0, 0.05) is 19.2 Å². The number of benzene rings is 2. The van der Waals surface area contributed by atoms with E-state index in [1.807, 2.05) is 0 Å². The highest BCUT2D eigenvalue weighted by molar-refractivity contribution is 6.42. The molecule has 25 heavy (non-hydrogen) atoms.